The smallest absolute Gasteiger partial charge is 0.252 e. The summed E-state index contributed by atoms with van der Waals surface area (Å²) in [4.78, 5) is 20.2. The minimum Gasteiger partial charge on any atom is -0.379 e. The van der Waals surface area contributed by atoms with Crippen molar-refractivity contribution >= 4 is 29.2 Å². The third kappa shape index (κ3) is 4.75. The van der Waals surface area contributed by atoms with Crippen LogP contribution in [0.2, 0.25) is 0 Å². The minimum absolute atomic E-state index is 0. The molecule has 29 heavy (non-hydrogen) atoms. The van der Waals surface area contributed by atoms with Gasteiger partial charge >= 0.3 is 0 Å². The van der Waals surface area contributed by atoms with Gasteiger partial charge in [0.05, 0.1) is 35.7 Å². The summed E-state index contributed by atoms with van der Waals surface area (Å²) in [6.07, 6.45) is 1.73. The minimum atomic E-state index is -0.0808. The number of fused-ring (bicyclic) bond motifs is 1. The lowest BCUT2D eigenvalue weighted by Gasteiger charge is -2.29. The number of hydrogen-bond donors (Lipinski definition) is 1. The van der Waals surface area contributed by atoms with E-state index < -0.39 is 0 Å². The number of rotatable bonds is 5. The number of benzene rings is 1. The number of aryl methyl sites for hydroxylation is 1. The Morgan fingerprint density at radius 3 is 2.72 bits per heavy atom. The van der Waals surface area contributed by atoms with Crippen molar-refractivity contribution < 1.29 is 9.53 Å². The molecule has 1 fully saturated rings. The standard InChI is InChI=1S/C21H25N5O2.ClH/c1-15(14-26-9-11-28-12-10-26)23-21(27)17-13-19(20-7-8-22-25(20)2)24-18-6-4-3-5-16(17)18;/h3-8,13,15H,9-12,14H2,1-2H3,(H,23,27);1H. The fourth-order valence-electron chi connectivity index (χ4n) is 3.64. The predicted molar refractivity (Wildman–Crippen MR) is 115 cm³/mol. The number of halogens is 1. The maximum atomic E-state index is 13.1. The maximum absolute atomic E-state index is 13.1. The van der Waals surface area contributed by atoms with Crippen molar-refractivity contribution in [2.75, 3.05) is 32.8 Å². The van der Waals surface area contributed by atoms with E-state index in [1.165, 1.54) is 0 Å². The van der Waals surface area contributed by atoms with E-state index >= 15 is 0 Å². The van der Waals surface area contributed by atoms with Gasteiger partial charge in [0.25, 0.3) is 5.91 Å². The molecule has 4 rings (SSSR count). The molecule has 1 aliphatic rings. The average molecular weight is 416 g/mol. The molecule has 0 bridgehead atoms. The van der Waals surface area contributed by atoms with Gasteiger partial charge in [-0.05, 0) is 25.1 Å². The van der Waals surface area contributed by atoms with Gasteiger partial charge in [-0.1, -0.05) is 18.2 Å². The molecule has 154 valence electrons. The van der Waals surface area contributed by atoms with Gasteiger partial charge in [0, 0.05) is 44.3 Å². The number of pyridine rings is 1. The zero-order valence-electron chi connectivity index (χ0n) is 16.7. The van der Waals surface area contributed by atoms with Crippen LogP contribution in [0.1, 0.15) is 17.3 Å². The van der Waals surface area contributed by atoms with Crippen molar-refractivity contribution in [1.82, 2.24) is 25.0 Å². The largest absolute Gasteiger partial charge is 0.379 e. The van der Waals surface area contributed by atoms with Crippen LogP contribution in [0.15, 0.2) is 42.6 Å². The third-order valence-electron chi connectivity index (χ3n) is 5.06. The number of carbonyl (C=O) groups excluding carboxylic acids is 1. The van der Waals surface area contributed by atoms with Crippen molar-refractivity contribution in [3.05, 3.63) is 48.2 Å². The molecule has 1 atom stereocenters. The predicted octanol–water partition coefficient (Wildman–Crippen LogP) is 2.51. The molecule has 1 saturated heterocycles. The number of nitrogens with one attached hydrogen (secondary N) is 1. The summed E-state index contributed by atoms with van der Waals surface area (Å²) in [6.45, 7) is 6.17. The Morgan fingerprint density at radius 2 is 2.00 bits per heavy atom. The molecule has 7 nitrogen and oxygen atoms in total. The number of morpholine rings is 1. The summed E-state index contributed by atoms with van der Waals surface area (Å²) in [6, 6.07) is 11.5. The Labute approximate surface area is 176 Å². The number of carbonyl (C=O) groups is 1. The van der Waals surface area contributed by atoms with Crippen LogP contribution in [0.3, 0.4) is 0 Å². The Hall–Kier alpha value is -2.48. The quantitative estimate of drug-likeness (QED) is 0.693. The fraction of sp³-hybridized carbons (Fsp3) is 0.381. The number of hydrogen-bond acceptors (Lipinski definition) is 5. The van der Waals surface area contributed by atoms with Gasteiger partial charge in [-0.3, -0.25) is 14.4 Å². The maximum Gasteiger partial charge on any atom is 0.252 e. The molecular weight excluding hydrogens is 390 g/mol. The molecule has 3 aromatic rings. The molecule has 1 N–H and O–H groups in total. The topological polar surface area (TPSA) is 72.3 Å². The average Bonchev–Trinajstić information content (AvgIpc) is 3.13. The molecule has 2 aromatic heterocycles. The van der Waals surface area contributed by atoms with Gasteiger partial charge < -0.3 is 10.1 Å². The molecule has 8 heteroatoms. The normalized spacial score (nSPS) is 15.7. The summed E-state index contributed by atoms with van der Waals surface area (Å²) in [5.41, 5.74) is 3.05. The summed E-state index contributed by atoms with van der Waals surface area (Å²) in [5, 5.41) is 8.22. The highest BCUT2D eigenvalue weighted by Crippen LogP contribution is 2.24. The van der Waals surface area contributed by atoms with Gasteiger partial charge in [-0.15, -0.1) is 12.4 Å². The van der Waals surface area contributed by atoms with Gasteiger partial charge in [-0.2, -0.15) is 5.10 Å². The number of amides is 1. The van der Waals surface area contributed by atoms with Gasteiger partial charge in [0.1, 0.15) is 0 Å². The van der Waals surface area contributed by atoms with Crippen LogP contribution in [0.4, 0.5) is 0 Å². The second-order valence-corrected chi connectivity index (χ2v) is 7.20. The van der Waals surface area contributed by atoms with Crippen LogP contribution >= 0.6 is 12.4 Å². The monoisotopic (exact) mass is 415 g/mol. The van der Waals surface area contributed by atoms with Crippen LogP contribution in [-0.4, -0.2) is 64.5 Å². The zero-order chi connectivity index (χ0) is 19.5. The first-order valence-electron chi connectivity index (χ1n) is 9.61. The first kappa shape index (κ1) is 21.2. The molecule has 1 unspecified atom stereocenters. The number of aromatic nitrogens is 3. The molecule has 1 aromatic carbocycles. The molecule has 3 heterocycles. The summed E-state index contributed by atoms with van der Waals surface area (Å²) >= 11 is 0. The Morgan fingerprint density at radius 1 is 1.24 bits per heavy atom. The second kappa shape index (κ2) is 9.35. The lowest BCUT2D eigenvalue weighted by atomic mass is 10.1. The molecule has 0 aliphatic carbocycles. The number of ether oxygens (including phenoxy) is 1. The fourth-order valence-corrected chi connectivity index (χ4v) is 3.64. The van der Waals surface area contributed by atoms with E-state index in [2.05, 4.69) is 15.3 Å². The SMILES string of the molecule is CC(CN1CCOCC1)NC(=O)c1cc(-c2ccnn2C)nc2ccccc12.Cl. The van der Waals surface area contributed by atoms with Crippen LogP contribution in [0.5, 0.6) is 0 Å². The third-order valence-corrected chi connectivity index (χ3v) is 5.06. The summed E-state index contributed by atoms with van der Waals surface area (Å²) < 4.78 is 7.16. The van der Waals surface area contributed by atoms with Crippen LogP contribution in [-0.2, 0) is 11.8 Å². The first-order valence-corrected chi connectivity index (χ1v) is 9.61. The van der Waals surface area contributed by atoms with Gasteiger partial charge in [-0.25, -0.2) is 4.98 Å². The van der Waals surface area contributed by atoms with Crippen molar-refractivity contribution in [1.29, 1.82) is 0 Å². The van der Waals surface area contributed by atoms with Crippen molar-refractivity contribution in [2.45, 2.75) is 13.0 Å². The van der Waals surface area contributed by atoms with Crippen molar-refractivity contribution in [3.8, 4) is 11.4 Å². The Bertz CT molecular complexity index is 984. The highest BCUT2D eigenvalue weighted by molar-refractivity contribution is 6.07. The van der Waals surface area contributed by atoms with Crippen LogP contribution in [0, 0.1) is 0 Å². The number of para-hydroxylation sites is 1. The number of nitrogens with zero attached hydrogens (tertiary/aromatic N) is 4. The molecule has 0 saturated carbocycles. The second-order valence-electron chi connectivity index (χ2n) is 7.20. The summed E-state index contributed by atoms with van der Waals surface area (Å²) in [7, 11) is 1.87. The molecule has 1 amide bonds. The van der Waals surface area contributed by atoms with Crippen molar-refractivity contribution in [3.63, 3.8) is 0 Å². The Kier molecular flexibility index (Phi) is 6.84. The Balaban J connectivity index is 0.00000240. The lowest BCUT2D eigenvalue weighted by Crippen LogP contribution is -2.46. The van der Waals surface area contributed by atoms with E-state index in [-0.39, 0.29) is 24.4 Å². The van der Waals surface area contributed by atoms with Gasteiger partial charge in [0.2, 0.25) is 0 Å². The van der Waals surface area contributed by atoms with Gasteiger partial charge in [0.15, 0.2) is 0 Å². The summed E-state index contributed by atoms with van der Waals surface area (Å²) in [5.74, 6) is -0.0808. The van der Waals surface area contributed by atoms with E-state index in [0.29, 0.717) is 5.56 Å². The van der Waals surface area contributed by atoms with E-state index in [4.69, 9.17) is 9.72 Å². The van der Waals surface area contributed by atoms with E-state index in [9.17, 15) is 4.79 Å². The zero-order valence-corrected chi connectivity index (χ0v) is 17.5. The highest BCUT2D eigenvalue weighted by Gasteiger charge is 2.19. The van der Waals surface area contributed by atoms with Crippen molar-refractivity contribution in [2.24, 2.45) is 7.05 Å². The molecule has 0 spiro atoms. The molecular formula is C21H26ClN5O2. The van der Waals surface area contributed by atoms with Crippen LogP contribution in [0.25, 0.3) is 22.3 Å². The molecule has 0 radical (unpaired) electrons. The first-order chi connectivity index (χ1) is 13.6. The van der Waals surface area contributed by atoms with E-state index in [1.807, 2.05) is 50.4 Å². The molecule has 1 aliphatic heterocycles. The van der Waals surface area contributed by atoms with E-state index in [1.54, 1.807) is 10.9 Å². The lowest BCUT2D eigenvalue weighted by molar-refractivity contribution is 0.0342. The van der Waals surface area contributed by atoms with E-state index in [0.717, 1.165) is 55.1 Å². The van der Waals surface area contributed by atoms with Crippen LogP contribution < -0.4 is 5.32 Å². The highest BCUT2D eigenvalue weighted by atomic mass is 35.5.